The Labute approximate surface area is 82.1 Å². The van der Waals surface area contributed by atoms with Gasteiger partial charge in [0.1, 0.15) is 0 Å². The van der Waals surface area contributed by atoms with Gasteiger partial charge in [0.15, 0.2) is 5.06 Å². The highest BCUT2D eigenvalue weighted by atomic mass is 32.1. The normalized spacial score (nSPS) is 9.71. The molecule has 0 saturated carbocycles. The van der Waals surface area contributed by atoms with E-state index in [1.54, 1.807) is 17.5 Å². The van der Waals surface area contributed by atoms with Crippen LogP contribution in [0.3, 0.4) is 0 Å². The number of anilines is 1. The molecule has 2 heterocycles. The molecule has 0 aromatic carbocycles. The average molecular weight is 211 g/mol. The highest BCUT2D eigenvalue weighted by molar-refractivity contribution is 7.11. The minimum atomic E-state index is -0.633. The summed E-state index contributed by atoms with van der Waals surface area (Å²) < 4.78 is 4.88. The summed E-state index contributed by atoms with van der Waals surface area (Å²) in [5.41, 5.74) is 0. The number of amides is 1. The Hall–Kier alpha value is -1.96. The van der Waals surface area contributed by atoms with Crippen molar-refractivity contribution in [2.75, 3.05) is 5.32 Å². The Morgan fingerprint density at radius 3 is 3.21 bits per heavy atom. The Bertz CT molecular complexity index is 360. The first-order valence-corrected chi connectivity index (χ1v) is 4.48. The monoisotopic (exact) mass is 211 g/mol. The molecule has 2 N–H and O–H groups in total. The summed E-state index contributed by atoms with van der Waals surface area (Å²) in [5.74, 6) is 0.145. The number of aromatic nitrogens is 4. The quantitative estimate of drug-likeness (QED) is 0.768. The molecule has 0 fully saturated rings. The molecule has 72 valence electrons. The van der Waals surface area contributed by atoms with Crippen LogP contribution in [-0.4, -0.2) is 26.7 Å². The van der Waals surface area contributed by atoms with Crippen molar-refractivity contribution in [1.82, 2.24) is 20.6 Å². The summed E-state index contributed by atoms with van der Waals surface area (Å²) in [6.07, 6.45) is -0.633. The van der Waals surface area contributed by atoms with E-state index in [0.717, 1.165) is 0 Å². The molecule has 0 aliphatic carbocycles. The Balaban J connectivity index is 1.91. The van der Waals surface area contributed by atoms with Crippen molar-refractivity contribution < 1.29 is 9.53 Å². The van der Waals surface area contributed by atoms with Crippen molar-refractivity contribution in [3.05, 3.63) is 17.5 Å². The van der Waals surface area contributed by atoms with Crippen LogP contribution in [0.15, 0.2) is 17.5 Å². The van der Waals surface area contributed by atoms with Gasteiger partial charge >= 0.3 is 6.09 Å². The molecule has 0 radical (unpaired) electrons. The second-order valence-corrected chi connectivity index (χ2v) is 3.11. The third kappa shape index (κ3) is 2.04. The molecule has 0 bridgehead atoms. The van der Waals surface area contributed by atoms with Crippen LogP contribution in [0.5, 0.6) is 5.06 Å². The maximum atomic E-state index is 11.1. The molecule has 0 saturated heterocycles. The minimum Gasteiger partial charge on any atom is -0.399 e. The number of aromatic amines is 1. The minimum absolute atomic E-state index is 0.145. The zero-order chi connectivity index (χ0) is 9.80. The number of tetrazole rings is 1. The molecule has 2 rings (SSSR count). The van der Waals surface area contributed by atoms with Gasteiger partial charge in [0.25, 0.3) is 0 Å². The van der Waals surface area contributed by atoms with E-state index < -0.39 is 6.09 Å². The first-order valence-electron chi connectivity index (χ1n) is 3.60. The van der Waals surface area contributed by atoms with E-state index in [-0.39, 0.29) is 5.95 Å². The molecular formula is C6H5N5O2S. The van der Waals surface area contributed by atoms with Gasteiger partial charge in [-0.1, -0.05) is 5.10 Å². The summed E-state index contributed by atoms with van der Waals surface area (Å²) in [6, 6.07) is 3.46. The van der Waals surface area contributed by atoms with Gasteiger partial charge in [-0.25, -0.2) is 9.89 Å². The molecule has 14 heavy (non-hydrogen) atoms. The molecule has 0 unspecified atom stereocenters. The van der Waals surface area contributed by atoms with E-state index >= 15 is 0 Å². The van der Waals surface area contributed by atoms with Crippen LogP contribution in [0.2, 0.25) is 0 Å². The largest absolute Gasteiger partial charge is 0.420 e. The van der Waals surface area contributed by atoms with Crippen LogP contribution in [0.1, 0.15) is 0 Å². The number of nitrogens with zero attached hydrogens (tertiary/aromatic N) is 3. The van der Waals surface area contributed by atoms with E-state index in [1.165, 1.54) is 11.3 Å². The molecule has 2 aromatic heterocycles. The number of hydrogen-bond donors (Lipinski definition) is 2. The van der Waals surface area contributed by atoms with Gasteiger partial charge in [0, 0.05) is 0 Å². The molecule has 0 atom stereocenters. The fourth-order valence-electron chi connectivity index (χ4n) is 0.747. The van der Waals surface area contributed by atoms with Gasteiger partial charge < -0.3 is 4.74 Å². The molecule has 0 aliphatic rings. The van der Waals surface area contributed by atoms with E-state index in [0.29, 0.717) is 5.06 Å². The van der Waals surface area contributed by atoms with E-state index in [4.69, 9.17) is 4.74 Å². The van der Waals surface area contributed by atoms with Crippen LogP contribution >= 0.6 is 11.3 Å². The molecule has 2 aromatic rings. The van der Waals surface area contributed by atoms with E-state index in [2.05, 4.69) is 25.9 Å². The predicted molar refractivity (Wildman–Crippen MR) is 48.1 cm³/mol. The van der Waals surface area contributed by atoms with Gasteiger partial charge in [0.05, 0.1) is 0 Å². The molecule has 8 heteroatoms. The Morgan fingerprint density at radius 1 is 1.64 bits per heavy atom. The summed E-state index contributed by atoms with van der Waals surface area (Å²) in [4.78, 5) is 11.1. The van der Waals surface area contributed by atoms with Crippen molar-refractivity contribution in [3.63, 3.8) is 0 Å². The average Bonchev–Trinajstić information content (AvgIpc) is 2.76. The summed E-state index contributed by atoms with van der Waals surface area (Å²) >= 11 is 1.32. The maximum absolute atomic E-state index is 11.1. The van der Waals surface area contributed by atoms with Crippen LogP contribution in [0.25, 0.3) is 0 Å². The Kier molecular flexibility index (Phi) is 2.36. The van der Waals surface area contributed by atoms with Crippen LogP contribution < -0.4 is 10.1 Å². The number of carbonyl (C=O) groups is 1. The first kappa shape index (κ1) is 8.63. The fraction of sp³-hybridized carbons (Fsp3) is 0. The van der Waals surface area contributed by atoms with Gasteiger partial charge in [-0.3, -0.25) is 5.32 Å². The summed E-state index contributed by atoms with van der Waals surface area (Å²) in [5, 5.41) is 17.0. The van der Waals surface area contributed by atoms with Crippen molar-refractivity contribution in [2.45, 2.75) is 0 Å². The lowest BCUT2D eigenvalue weighted by molar-refractivity contribution is 0.216. The van der Waals surface area contributed by atoms with Crippen LogP contribution in [0, 0.1) is 0 Å². The summed E-state index contributed by atoms with van der Waals surface area (Å²) in [6.45, 7) is 0. The first-order chi connectivity index (χ1) is 6.84. The third-order valence-corrected chi connectivity index (χ3v) is 2.00. The number of H-pyrrole nitrogens is 1. The van der Waals surface area contributed by atoms with Gasteiger partial charge in [0.2, 0.25) is 5.95 Å². The van der Waals surface area contributed by atoms with Crippen LogP contribution in [-0.2, 0) is 0 Å². The van der Waals surface area contributed by atoms with E-state index in [1.807, 2.05) is 0 Å². The number of nitrogens with one attached hydrogen (secondary N) is 2. The number of ether oxygens (including phenoxy) is 1. The molecule has 0 aliphatic heterocycles. The van der Waals surface area contributed by atoms with E-state index in [9.17, 15) is 4.79 Å². The predicted octanol–water partition coefficient (Wildman–Crippen LogP) is 0.872. The van der Waals surface area contributed by atoms with Crippen LogP contribution in [0.4, 0.5) is 10.7 Å². The summed E-state index contributed by atoms with van der Waals surface area (Å²) in [7, 11) is 0. The maximum Gasteiger partial charge on any atom is 0.420 e. The highest BCUT2D eigenvalue weighted by Gasteiger charge is 2.07. The smallest absolute Gasteiger partial charge is 0.399 e. The Morgan fingerprint density at radius 2 is 2.57 bits per heavy atom. The second kappa shape index (κ2) is 3.83. The van der Waals surface area contributed by atoms with Gasteiger partial charge in [-0.05, 0) is 27.9 Å². The zero-order valence-electron chi connectivity index (χ0n) is 6.80. The molecule has 0 spiro atoms. The lowest BCUT2D eigenvalue weighted by Crippen LogP contribution is -2.17. The second-order valence-electron chi connectivity index (χ2n) is 2.20. The molecule has 7 nitrogen and oxygen atoms in total. The number of hydrogen-bond acceptors (Lipinski definition) is 6. The molecule has 1 amide bonds. The van der Waals surface area contributed by atoms with Crippen molar-refractivity contribution in [1.29, 1.82) is 0 Å². The topological polar surface area (TPSA) is 92.8 Å². The number of rotatable bonds is 2. The van der Waals surface area contributed by atoms with Gasteiger partial charge in [-0.2, -0.15) is 0 Å². The van der Waals surface area contributed by atoms with Crippen molar-refractivity contribution in [3.8, 4) is 5.06 Å². The SMILES string of the molecule is O=C(Nc1nnn[nH]1)Oc1cccs1. The lowest BCUT2D eigenvalue weighted by atomic mass is 10.7. The lowest BCUT2D eigenvalue weighted by Gasteiger charge is -1.99. The fourth-order valence-corrected chi connectivity index (χ4v) is 1.32. The number of thiophene rings is 1. The van der Waals surface area contributed by atoms with Crippen molar-refractivity contribution in [2.24, 2.45) is 0 Å². The zero-order valence-corrected chi connectivity index (χ0v) is 7.61. The third-order valence-electron chi connectivity index (χ3n) is 1.25. The molecular weight excluding hydrogens is 206 g/mol. The number of carbonyl (C=O) groups excluding carboxylic acids is 1. The highest BCUT2D eigenvalue weighted by Crippen LogP contribution is 2.18. The van der Waals surface area contributed by atoms with Gasteiger partial charge in [-0.15, -0.1) is 11.3 Å². The van der Waals surface area contributed by atoms with Crippen molar-refractivity contribution >= 4 is 23.4 Å². The standard InChI is InChI=1S/C6H5N5O2S/c12-6(7-5-8-10-11-9-5)13-4-2-1-3-14-4/h1-3H,(H2,7,8,9,10,11,12).